The fraction of sp³-hybridized carbons (Fsp3) is 0.783. The van der Waals surface area contributed by atoms with Gasteiger partial charge in [0, 0.05) is 23.2 Å². The van der Waals surface area contributed by atoms with Gasteiger partial charge >= 0.3 is 6.18 Å². The number of nitrogens with one attached hydrogen (secondary N) is 1. The lowest BCUT2D eigenvalue weighted by atomic mass is 9.65. The number of carbonyl (C=O) groups is 2. The summed E-state index contributed by atoms with van der Waals surface area (Å²) in [5, 5.41) is 1.99. The van der Waals surface area contributed by atoms with Crippen molar-refractivity contribution >= 4 is 23.3 Å². The molecule has 0 unspecified atom stereocenters. The van der Waals surface area contributed by atoms with Gasteiger partial charge in [-0.05, 0) is 63.4 Å². The number of amides is 2. The number of hydrogen-bond donors (Lipinski definition) is 1. The van der Waals surface area contributed by atoms with Crippen LogP contribution in [0.1, 0.15) is 79.7 Å². The van der Waals surface area contributed by atoms with Crippen molar-refractivity contribution in [2.45, 2.75) is 92.3 Å². The highest BCUT2D eigenvalue weighted by Gasteiger charge is 2.58. The van der Waals surface area contributed by atoms with Crippen LogP contribution in [-0.4, -0.2) is 28.5 Å². The SMILES string of the molecule is CCCCc1cn(C(C)(C)C)s/c1=N\C(=O)[C@]1(C)CC[C@H](C(=O)NCC(F)(F)F)C1(C)C. The van der Waals surface area contributed by atoms with E-state index in [9.17, 15) is 22.8 Å². The van der Waals surface area contributed by atoms with Crippen LogP contribution < -0.4 is 9.99 Å². The van der Waals surface area contributed by atoms with Crippen molar-refractivity contribution in [3.63, 3.8) is 0 Å². The van der Waals surface area contributed by atoms with Crippen molar-refractivity contribution in [1.29, 1.82) is 0 Å². The third-order valence-corrected chi connectivity index (χ3v) is 8.25. The van der Waals surface area contributed by atoms with Crippen molar-refractivity contribution in [1.82, 2.24) is 9.27 Å². The normalized spacial score (nSPS) is 24.1. The average molecular weight is 476 g/mol. The largest absolute Gasteiger partial charge is 0.405 e. The van der Waals surface area contributed by atoms with Crippen LogP contribution in [-0.2, 0) is 21.5 Å². The Bertz CT molecular complexity index is 909. The Morgan fingerprint density at radius 3 is 2.41 bits per heavy atom. The van der Waals surface area contributed by atoms with Gasteiger partial charge < -0.3 is 5.32 Å². The minimum absolute atomic E-state index is 0.138. The van der Waals surface area contributed by atoms with Gasteiger partial charge in [0.05, 0.1) is 5.41 Å². The molecule has 1 heterocycles. The molecule has 2 amide bonds. The lowest BCUT2D eigenvalue weighted by molar-refractivity contribution is -0.145. The first-order chi connectivity index (χ1) is 14.5. The first kappa shape index (κ1) is 26.6. The topological polar surface area (TPSA) is 63.5 Å². The van der Waals surface area contributed by atoms with Gasteiger partial charge in [-0.15, -0.1) is 0 Å². The molecule has 1 aromatic rings. The van der Waals surface area contributed by atoms with E-state index in [0.29, 0.717) is 17.5 Å². The first-order valence-corrected chi connectivity index (χ1v) is 12.0. The van der Waals surface area contributed by atoms with E-state index in [1.165, 1.54) is 11.5 Å². The number of unbranched alkanes of at least 4 members (excludes halogenated alkanes) is 1. The molecule has 2 atom stereocenters. The molecule has 0 aromatic carbocycles. The molecule has 1 aliphatic rings. The maximum Gasteiger partial charge on any atom is 0.405 e. The molecule has 1 saturated carbocycles. The van der Waals surface area contributed by atoms with Crippen LogP contribution in [0, 0.1) is 16.7 Å². The average Bonchev–Trinajstić information content (AvgIpc) is 3.16. The van der Waals surface area contributed by atoms with Crippen molar-refractivity contribution in [3.05, 3.63) is 16.4 Å². The first-order valence-electron chi connectivity index (χ1n) is 11.2. The number of halogens is 3. The van der Waals surface area contributed by atoms with E-state index in [2.05, 4.69) is 42.8 Å². The zero-order valence-corrected chi connectivity index (χ0v) is 21.0. The molecule has 9 heteroatoms. The number of alkyl halides is 3. The molecular formula is C23H36F3N3O2S. The highest BCUT2D eigenvalue weighted by Crippen LogP contribution is 2.56. The predicted octanol–water partition coefficient (Wildman–Crippen LogP) is 5.20. The Morgan fingerprint density at radius 2 is 1.88 bits per heavy atom. The third kappa shape index (κ3) is 5.64. The zero-order chi connectivity index (χ0) is 24.5. The molecule has 1 N–H and O–H groups in total. The van der Waals surface area contributed by atoms with Crippen LogP contribution in [0.3, 0.4) is 0 Å². The van der Waals surface area contributed by atoms with E-state index in [1.807, 2.05) is 5.32 Å². The molecule has 2 rings (SSSR count). The Balaban J connectivity index is 2.35. The Labute approximate surface area is 192 Å². The second-order valence-corrected chi connectivity index (χ2v) is 11.5. The van der Waals surface area contributed by atoms with Crippen LogP contribution in [0.4, 0.5) is 13.2 Å². The molecule has 0 saturated heterocycles. The van der Waals surface area contributed by atoms with E-state index in [4.69, 9.17) is 0 Å². The minimum atomic E-state index is -4.47. The summed E-state index contributed by atoms with van der Waals surface area (Å²) in [5.74, 6) is -1.65. The van der Waals surface area contributed by atoms with E-state index in [-0.39, 0.29) is 11.4 Å². The van der Waals surface area contributed by atoms with Gasteiger partial charge in [0.25, 0.3) is 5.91 Å². The lowest BCUT2D eigenvalue weighted by Gasteiger charge is -2.38. The molecule has 1 aromatic heterocycles. The van der Waals surface area contributed by atoms with Crippen LogP contribution in [0.5, 0.6) is 0 Å². The van der Waals surface area contributed by atoms with Crippen molar-refractivity contribution in [2.75, 3.05) is 6.54 Å². The van der Waals surface area contributed by atoms with Gasteiger partial charge in [0.2, 0.25) is 5.91 Å². The van der Waals surface area contributed by atoms with Crippen LogP contribution >= 0.6 is 11.5 Å². The highest BCUT2D eigenvalue weighted by atomic mass is 32.1. The summed E-state index contributed by atoms with van der Waals surface area (Å²) in [7, 11) is 0. The Morgan fingerprint density at radius 1 is 1.25 bits per heavy atom. The molecule has 1 fully saturated rings. The summed E-state index contributed by atoms with van der Waals surface area (Å²) in [6.45, 7) is 12.4. The zero-order valence-electron chi connectivity index (χ0n) is 20.2. The molecule has 0 bridgehead atoms. The minimum Gasteiger partial charge on any atom is -0.347 e. The third-order valence-electron chi connectivity index (χ3n) is 6.87. The van der Waals surface area contributed by atoms with Gasteiger partial charge in [-0.2, -0.15) is 13.2 Å². The summed E-state index contributed by atoms with van der Waals surface area (Å²) in [6, 6.07) is 0. The number of hydrogen-bond acceptors (Lipinski definition) is 3. The number of rotatable bonds is 6. The van der Waals surface area contributed by atoms with Gasteiger partial charge in [0.1, 0.15) is 11.2 Å². The smallest absolute Gasteiger partial charge is 0.347 e. The predicted molar refractivity (Wildman–Crippen MR) is 120 cm³/mol. The summed E-state index contributed by atoms with van der Waals surface area (Å²) in [5.41, 5.74) is -0.879. The number of nitrogens with zero attached hydrogens (tertiary/aromatic N) is 2. The second-order valence-electron chi connectivity index (χ2n) is 10.5. The second kappa shape index (κ2) is 9.31. The summed E-state index contributed by atoms with van der Waals surface area (Å²) in [4.78, 5) is 30.5. The van der Waals surface area contributed by atoms with Gasteiger partial charge in [-0.1, -0.05) is 34.1 Å². The van der Waals surface area contributed by atoms with E-state index in [0.717, 1.165) is 24.8 Å². The Kier molecular flexibility index (Phi) is 7.74. The molecule has 5 nitrogen and oxygen atoms in total. The Hall–Kier alpha value is -1.64. The van der Waals surface area contributed by atoms with Gasteiger partial charge in [-0.3, -0.25) is 13.5 Å². The van der Waals surface area contributed by atoms with Gasteiger partial charge in [-0.25, -0.2) is 4.99 Å². The fourth-order valence-corrected chi connectivity index (χ4v) is 5.24. The maximum absolute atomic E-state index is 13.4. The fourth-order valence-electron chi connectivity index (χ4n) is 4.20. The van der Waals surface area contributed by atoms with Crippen LogP contribution in [0.2, 0.25) is 0 Å². The quantitative estimate of drug-likeness (QED) is 0.615. The maximum atomic E-state index is 13.4. The van der Waals surface area contributed by atoms with Crippen LogP contribution in [0.25, 0.3) is 0 Å². The van der Waals surface area contributed by atoms with Crippen LogP contribution in [0.15, 0.2) is 11.2 Å². The number of aromatic nitrogens is 1. The highest BCUT2D eigenvalue weighted by molar-refractivity contribution is 7.04. The molecule has 32 heavy (non-hydrogen) atoms. The summed E-state index contributed by atoms with van der Waals surface area (Å²) >= 11 is 1.45. The van der Waals surface area contributed by atoms with Gasteiger partial charge in [0.15, 0.2) is 0 Å². The summed E-state index contributed by atoms with van der Waals surface area (Å²) < 4.78 is 40.4. The molecule has 0 aliphatic heterocycles. The molecule has 1 aliphatic carbocycles. The summed E-state index contributed by atoms with van der Waals surface area (Å²) in [6.07, 6.45) is 1.18. The van der Waals surface area contributed by atoms with Crippen molar-refractivity contribution in [3.8, 4) is 0 Å². The van der Waals surface area contributed by atoms with E-state index < -0.39 is 35.4 Å². The molecule has 0 radical (unpaired) electrons. The van der Waals surface area contributed by atoms with E-state index in [1.54, 1.807) is 20.8 Å². The molecular weight excluding hydrogens is 439 g/mol. The lowest BCUT2D eigenvalue weighted by Crippen LogP contribution is -2.46. The number of carbonyl (C=O) groups excluding carboxylic acids is 2. The monoisotopic (exact) mass is 475 g/mol. The van der Waals surface area contributed by atoms with Crippen molar-refractivity contribution < 1.29 is 22.8 Å². The number of aryl methyl sites for hydroxylation is 1. The molecule has 182 valence electrons. The van der Waals surface area contributed by atoms with E-state index >= 15 is 0 Å². The van der Waals surface area contributed by atoms with Crippen molar-refractivity contribution in [2.24, 2.45) is 21.7 Å². The standard InChI is InChI=1S/C23H36F3N3O2S/c1-8-9-10-15-13-29(20(2,3)4)32-18(15)28-19(31)22(7)12-11-16(21(22,5)6)17(30)27-14-23(24,25)26/h13,16H,8-12,14H2,1-7H3,(H,27,30)/b28-18-/t16-,22+/m1/s1. The molecule has 0 spiro atoms.